The SMILES string of the molecule is COc1cc(F)ncn1. The van der Waals surface area contributed by atoms with E-state index in [2.05, 4.69) is 14.7 Å². The molecular weight excluding hydrogens is 123 g/mol. The fourth-order valence-corrected chi connectivity index (χ4v) is 0.429. The second kappa shape index (κ2) is 2.39. The van der Waals surface area contributed by atoms with E-state index in [0.29, 0.717) is 0 Å². The third-order valence-electron chi connectivity index (χ3n) is 0.818. The molecule has 0 fully saturated rings. The van der Waals surface area contributed by atoms with Crippen LogP contribution in [0.25, 0.3) is 0 Å². The molecule has 1 heterocycles. The van der Waals surface area contributed by atoms with Crippen molar-refractivity contribution < 1.29 is 9.13 Å². The summed E-state index contributed by atoms with van der Waals surface area (Å²) in [6.07, 6.45) is 1.11. The number of hydrogen-bond donors (Lipinski definition) is 0. The van der Waals surface area contributed by atoms with Crippen LogP contribution in [0.1, 0.15) is 0 Å². The van der Waals surface area contributed by atoms with E-state index in [-0.39, 0.29) is 5.88 Å². The second-order valence-corrected chi connectivity index (χ2v) is 1.38. The highest BCUT2D eigenvalue weighted by molar-refractivity contribution is 5.05. The third kappa shape index (κ3) is 1.35. The van der Waals surface area contributed by atoms with E-state index in [1.807, 2.05) is 0 Å². The molecular formula is C5H5FN2O. The van der Waals surface area contributed by atoms with E-state index in [9.17, 15) is 4.39 Å². The van der Waals surface area contributed by atoms with E-state index >= 15 is 0 Å². The highest BCUT2D eigenvalue weighted by Crippen LogP contribution is 2.02. The van der Waals surface area contributed by atoms with Gasteiger partial charge in [0, 0.05) is 0 Å². The first-order chi connectivity index (χ1) is 4.33. The molecule has 0 bridgehead atoms. The van der Waals surface area contributed by atoms with E-state index < -0.39 is 5.95 Å². The van der Waals surface area contributed by atoms with Crippen molar-refractivity contribution in [2.24, 2.45) is 0 Å². The molecule has 0 unspecified atom stereocenters. The van der Waals surface area contributed by atoms with Crippen molar-refractivity contribution in [3.63, 3.8) is 0 Å². The quantitative estimate of drug-likeness (QED) is 0.520. The lowest BCUT2D eigenvalue weighted by molar-refractivity contribution is 0.390. The van der Waals surface area contributed by atoms with E-state index in [0.717, 1.165) is 12.4 Å². The number of rotatable bonds is 1. The lowest BCUT2D eigenvalue weighted by Crippen LogP contribution is -1.89. The maximum Gasteiger partial charge on any atom is 0.219 e. The molecule has 0 radical (unpaired) electrons. The summed E-state index contributed by atoms with van der Waals surface area (Å²) in [5.74, 6) is -0.343. The first-order valence-corrected chi connectivity index (χ1v) is 2.34. The number of aromatic nitrogens is 2. The summed E-state index contributed by atoms with van der Waals surface area (Å²) >= 11 is 0. The Balaban J connectivity index is 2.94. The van der Waals surface area contributed by atoms with Crippen molar-refractivity contribution in [2.75, 3.05) is 7.11 Å². The zero-order valence-corrected chi connectivity index (χ0v) is 4.84. The second-order valence-electron chi connectivity index (χ2n) is 1.38. The molecule has 0 atom stereocenters. The van der Waals surface area contributed by atoms with Crippen LogP contribution in [-0.2, 0) is 0 Å². The Hall–Kier alpha value is -1.19. The molecule has 9 heavy (non-hydrogen) atoms. The van der Waals surface area contributed by atoms with Gasteiger partial charge >= 0.3 is 0 Å². The summed E-state index contributed by atoms with van der Waals surface area (Å²) in [6, 6.07) is 1.11. The summed E-state index contributed by atoms with van der Waals surface area (Å²) in [5.41, 5.74) is 0. The summed E-state index contributed by atoms with van der Waals surface area (Å²) in [7, 11) is 1.42. The Morgan fingerprint density at radius 2 is 2.33 bits per heavy atom. The van der Waals surface area contributed by atoms with Crippen LogP contribution < -0.4 is 4.74 Å². The Bertz CT molecular complexity index is 204. The normalized spacial score (nSPS) is 9.11. The molecule has 0 aliphatic carbocycles. The van der Waals surface area contributed by atoms with E-state index in [1.54, 1.807) is 0 Å². The summed E-state index contributed by atoms with van der Waals surface area (Å²) in [4.78, 5) is 6.81. The molecule has 0 N–H and O–H groups in total. The number of ether oxygens (including phenoxy) is 1. The van der Waals surface area contributed by atoms with Crippen molar-refractivity contribution >= 4 is 0 Å². The smallest absolute Gasteiger partial charge is 0.219 e. The monoisotopic (exact) mass is 128 g/mol. The Morgan fingerprint density at radius 1 is 1.56 bits per heavy atom. The molecule has 1 rings (SSSR count). The molecule has 0 saturated heterocycles. The van der Waals surface area contributed by atoms with Gasteiger partial charge in [0.1, 0.15) is 6.33 Å². The number of nitrogens with zero attached hydrogens (tertiary/aromatic N) is 2. The zero-order chi connectivity index (χ0) is 6.69. The third-order valence-corrected chi connectivity index (χ3v) is 0.818. The van der Waals surface area contributed by atoms with Crippen molar-refractivity contribution in [3.8, 4) is 5.88 Å². The minimum Gasteiger partial charge on any atom is -0.481 e. The average molecular weight is 128 g/mol. The van der Waals surface area contributed by atoms with Crippen LogP contribution >= 0.6 is 0 Å². The predicted octanol–water partition coefficient (Wildman–Crippen LogP) is 0.624. The Labute approximate surface area is 51.5 Å². The van der Waals surface area contributed by atoms with Crippen LogP contribution in [0.15, 0.2) is 12.4 Å². The minimum absolute atomic E-state index is 0.238. The largest absolute Gasteiger partial charge is 0.481 e. The molecule has 0 aliphatic heterocycles. The van der Waals surface area contributed by atoms with Gasteiger partial charge in [0.2, 0.25) is 11.8 Å². The molecule has 0 aromatic carbocycles. The Morgan fingerprint density at radius 3 is 2.78 bits per heavy atom. The van der Waals surface area contributed by atoms with Gasteiger partial charge in [0.15, 0.2) is 0 Å². The molecule has 0 aliphatic rings. The predicted molar refractivity (Wildman–Crippen MR) is 28.5 cm³/mol. The standard InChI is InChI=1S/C5H5FN2O/c1-9-5-2-4(6)7-3-8-5/h2-3H,1H3. The fourth-order valence-electron chi connectivity index (χ4n) is 0.429. The zero-order valence-electron chi connectivity index (χ0n) is 4.84. The van der Waals surface area contributed by atoms with Gasteiger partial charge < -0.3 is 4.74 Å². The van der Waals surface area contributed by atoms with Crippen molar-refractivity contribution in [2.45, 2.75) is 0 Å². The minimum atomic E-state index is -0.582. The topological polar surface area (TPSA) is 35.0 Å². The van der Waals surface area contributed by atoms with Gasteiger partial charge in [-0.3, -0.25) is 0 Å². The van der Waals surface area contributed by atoms with Gasteiger partial charge in [-0.1, -0.05) is 0 Å². The van der Waals surface area contributed by atoms with Crippen molar-refractivity contribution in [1.82, 2.24) is 9.97 Å². The molecule has 0 spiro atoms. The summed E-state index contributed by atoms with van der Waals surface area (Å²) in [6.45, 7) is 0. The first-order valence-electron chi connectivity index (χ1n) is 2.34. The van der Waals surface area contributed by atoms with Crippen LogP contribution in [0.4, 0.5) is 4.39 Å². The summed E-state index contributed by atoms with van der Waals surface area (Å²) < 4.78 is 16.7. The Kier molecular flexibility index (Phi) is 1.58. The van der Waals surface area contributed by atoms with E-state index in [1.165, 1.54) is 7.11 Å². The molecule has 1 aromatic rings. The number of methoxy groups -OCH3 is 1. The molecule has 4 heteroatoms. The van der Waals surface area contributed by atoms with Gasteiger partial charge in [-0.2, -0.15) is 4.39 Å². The lowest BCUT2D eigenvalue weighted by atomic mass is 10.6. The van der Waals surface area contributed by atoms with Crippen molar-refractivity contribution in [1.29, 1.82) is 0 Å². The van der Waals surface area contributed by atoms with Gasteiger partial charge in [-0.05, 0) is 0 Å². The molecule has 0 amide bonds. The highest BCUT2D eigenvalue weighted by atomic mass is 19.1. The first kappa shape index (κ1) is 5.94. The van der Waals surface area contributed by atoms with Crippen LogP contribution in [0.5, 0.6) is 5.88 Å². The van der Waals surface area contributed by atoms with Crippen LogP contribution in [0.3, 0.4) is 0 Å². The highest BCUT2D eigenvalue weighted by Gasteiger charge is 1.93. The van der Waals surface area contributed by atoms with Gasteiger partial charge in [0.25, 0.3) is 0 Å². The molecule has 0 saturated carbocycles. The molecule has 48 valence electrons. The number of hydrogen-bond acceptors (Lipinski definition) is 3. The van der Waals surface area contributed by atoms with E-state index in [4.69, 9.17) is 0 Å². The fraction of sp³-hybridized carbons (Fsp3) is 0.200. The number of halogens is 1. The molecule has 3 nitrogen and oxygen atoms in total. The lowest BCUT2D eigenvalue weighted by Gasteiger charge is -1.93. The van der Waals surface area contributed by atoms with Gasteiger partial charge in [-0.25, -0.2) is 9.97 Å². The van der Waals surface area contributed by atoms with Gasteiger partial charge in [-0.15, -0.1) is 0 Å². The van der Waals surface area contributed by atoms with Crippen LogP contribution in [0, 0.1) is 5.95 Å². The summed E-state index contributed by atoms with van der Waals surface area (Å²) in [5, 5.41) is 0. The van der Waals surface area contributed by atoms with Crippen LogP contribution in [-0.4, -0.2) is 17.1 Å². The maximum atomic E-state index is 12.1. The van der Waals surface area contributed by atoms with Crippen molar-refractivity contribution in [3.05, 3.63) is 18.3 Å². The maximum absolute atomic E-state index is 12.1. The average Bonchev–Trinajstić information content (AvgIpc) is 1.88. The van der Waals surface area contributed by atoms with Crippen LogP contribution in [0.2, 0.25) is 0 Å². The van der Waals surface area contributed by atoms with Gasteiger partial charge in [0.05, 0.1) is 13.2 Å². The molecule has 1 aromatic heterocycles.